The van der Waals surface area contributed by atoms with Crippen molar-refractivity contribution in [2.45, 2.75) is 47.5 Å². The summed E-state index contributed by atoms with van der Waals surface area (Å²) in [5.41, 5.74) is 4.01. The summed E-state index contributed by atoms with van der Waals surface area (Å²) in [4.78, 5) is 4.92. The highest BCUT2D eigenvalue weighted by atomic mass is 16.3. The molecule has 2 unspecified atom stereocenters. The summed E-state index contributed by atoms with van der Waals surface area (Å²) in [6, 6.07) is 8.11. The Balaban J connectivity index is 2.61. The van der Waals surface area contributed by atoms with Gasteiger partial charge in [-0.25, -0.2) is 0 Å². The number of furan rings is 1. The lowest BCUT2D eigenvalue weighted by Crippen LogP contribution is -2.04. The summed E-state index contributed by atoms with van der Waals surface area (Å²) in [6.45, 7) is 15.1. The van der Waals surface area contributed by atoms with Crippen LogP contribution < -0.4 is 0 Å². The van der Waals surface area contributed by atoms with E-state index in [1.807, 2.05) is 18.2 Å². The van der Waals surface area contributed by atoms with E-state index in [1.165, 1.54) is 0 Å². The van der Waals surface area contributed by atoms with Gasteiger partial charge in [0.25, 0.3) is 0 Å². The number of benzene rings is 1. The highest BCUT2D eigenvalue weighted by Gasteiger charge is 2.19. The number of para-hydroxylation sites is 1. The van der Waals surface area contributed by atoms with E-state index in [4.69, 9.17) is 9.41 Å². The first-order valence-electron chi connectivity index (χ1n) is 8.25. The Morgan fingerprint density at radius 3 is 2.41 bits per heavy atom. The number of allylic oxidation sites excluding steroid dienone is 1. The normalized spacial score (nSPS) is 15.0. The maximum Gasteiger partial charge on any atom is 0.156 e. The van der Waals surface area contributed by atoms with Crippen LogP contribution in [0.3, 0.4) is 0 Å². The summed E-state index contributed by atoms with van der Waals surface area (Å²) in [7, 11) is 0. The maximum absolute atomic E-state index is 6.09. The van der Waals surface area contributed by atoms with E-state index < -0.39 is 0 Å². The van der Waals surface area contributed by atoms with Crippen LogP contribution in [0.15, 0.2) is 40.3 Å². The molecule has 1 aromatic heterocycles. The molecule has 0 aliphatic rings. The van der Waals surface area contributed by atoms with Crippen LogP contribution in [-0.2, 0) is 0 Å². The smallest absolute Gasteiger partial charge is 0.156 e. The molecule has 0 aliphatic carbocycles. The Morgan fingerprint density at radius 1 is 1.14 bits per heavy atom. The monoisotopic (exact) mass is 297 g/mol. The Kier molecular flexibility index (Phi) is 5.23. The van der Waals surface area contributed by atoms with Crippen LogP contribution in [0.4, 0.5) is 5.69 Å². The van der Waals surface area contributed by atoms with Crippen molar-refractivity contribution >= 4 is 27.9 Å². The lowest BCUT2D eigenvalue weighted by Gasteiger charge is -2.12. The molecule has 0 saturated heterocycles. The second kappa shape index (κ2) is 6.95. The number of aliphatic imine (C=N–C) groups is 1. The molecule has 2 aromatic rings. The second-order valence-corrected chi connectivity index (χ2v) is 6.17. The van der Waals surface area contributed by atoms with Crippen molar-refractivity contribution in [1.29, 1.82) is 0 Å². The molecular formula is C20H27NO. The predicted molar refractivity (Wildman–Crippen MR) is 96.9 cm³/mol. The zero-order valence-corrected chi connectivity index (χ0v) is 14.4. The average Bonchev–Trinajstić information content (AvgIpc) is 2.91. The SMILES string of the molecule is C=C(c1oc2ccccc2c1N=C(C)C(C)CC)C(C)CC. The van der Waals surface area contributed by atoms with Gasteiger partial charge in [-0.3, -0.25) is 4.99 Å². The summed E-state index contributed by atoms with van der Waals surface area (Å²) in [6.07, 6.45) is 2.14. The minimum absolute atomic E-state index is 0.387. The van der Waals surface area contributed by atoms with Crippen molar-refractivity contribution in [3.63, 3.8) is 0 Å². The number of hydrogen-bond donors (Lipinski definition) is 0. The highest BCUT2D eigenvalue weighted by molar-refractivity contribution is 5.99. The van der Waals surface area contributed by atoms with Gasteiger partial charge in [-0.05, 0) is 49.3 Å². The van der Waals surface area contributed by atoms with Gasteiger partial charge in [0.05, 0.1) is 0 Å². The van der Waals surface area contributed by atoms with Crippen molar-refractivity contribution in [2.75, 3.05) is 0 Å². The van der Waals surface area contributed by atoms with E-state index in [-0.39, 0.29) is 0 Å². The van der Waals surface area contributed by atoms with E-state index >= 15 is 0 Å². The van der Waals surface area contributed by atoms with Gasteiger partial charge in [0.1, 0.15) is 11.3 Å². The molecule has 0 N–H and O–H groups in total. The average molecular weight is 297 g/mol. The Bertz CT molecular complexity index is 693. The minimum atomic E-state index is 0.387. The summed E-state index contributed by atoms with van der Waals surface area (Å²) in [5, 5.41) is 1.07. The number of nitrogens with zero attached hydrogens (tertiary/aromatic N) is 1. The van der Waals surface area contributed by atoms with Gasteiger partial charge in [-0.2, -0.15) is 0 Å². The van der Waals surface area contributed by atoms with E-state index in [0.717, 1.165) is 46.5 Å². The fourth-order valence-corrected chi connectivity index (χ4v) is 2.41. The first kappa shape index (κ1) is 16.5. The summed E-state index contributed by atoms with van der Waals surface area (Å²) in [5.74, 6) is 1.70. The van der Waals surface area contributed by atoms with Crippen LogP contribution in [-0.4, -0.2) is 5.71 Å². The lowest BCUT2D eigenvalue weighted by atomic mass is 9.96. The Morgan fingerprint density at radius 2 is 1.77 bits per heavy atom. The van der Waals surface area contributed by atoms with Crippen molar-refractivity contribution < 1.29 is 4.42 Å². The zero-order chi connectivity index (χ0) is 16.3. The van der Waals surface area contributed by atoms with Gasteiger partial charge < -0.3 is 4.42 Å². The molecular weight excluding hydrogens is 270 g/mol. The molecule has 2 rings (SSSR count). The van der Waals surface area contributed by atoms with Gasteiger partial charge in [0.2, 0.25) is 0 Å². The van der Waals surface area contributed by atoms with Crippen molar-refractivity contribution in [3.8, 4) is 0 Å². The summed E-state index contributed by atoms with van der Waals surface area (Å²) >= 11 is 0. The molecule has 0 radical (unpaired) electrons. The lowest BCUT2D eigenvalue weighted by molar-refractivity contribution is 0.581. The fourth-order valence-electron chi connectivity index (χ4n) is 2.41. The molecule has 1 aromatic carbocycles. The molecule has 0 aliphatic heterocycles. The van der Waals surface area contributed by atoms with Gasteiger partial charge in [-0.15, -0.1) is 0 Å². The van der Waals surface area contributed by atoms with Crippen molar-refractivity contribution in [1.82, 2.24) is 0 Å². The Hall–Kier alpha value is -1.83. The molecule has 0 spiro atoms. The fraction of sp³-hybridized carbons (Fsp3) is 0.450. The van der Waals surface area contributed by atoms with Gasteiger partial charge >= 0.3 is 0 Å². The molecule has 0 amide bonds. The highest BCUT2D eigenvalue weighted by Crippen LogP contribution is 2.40. The molecule has 118 valence electrons. The largest absolute Gasteiger partial charge is 0.454 e. The third-order valence-electron chi connectivity index (χ3n) is 4.68. The van der Waals surface area contributed by atoms with Crippen LogP contribution in [0.25, 0.3) is 16.5 Å². The molecule has 2 heteroatoms. The number of hydrogen-bond acceptors (Lipinski definition) is 2. The zero-order valence-electron chi connectivity index (χ0n) is 14.4. The van der Waals surface area contributed by atoms with Crippen LogP contribution in [0.2, 0.25) is 0 Å². The van der Waals surface area contributed by atoms with E-state index in [2.05, 4.69) is 47.3 Å². The van der Waals surface area contributed by atoms with Crippen LogP contribution in [0, 0.1) is 11.8 Å². The van der Waals surface area contributed by atoms with E-state index in [0.29, 0.717) is 11.8 Å². The maximum atomic E-state index is 6.09. The third kappa shape index (κ3) is 3.16. The standard InChI is InChI=1S/C20H27NO/c1-7-13(3)15(5)20-19(21-16(6)14(4)8-2)17-11-9-10-12-18(17)22-20/h9-14H,5,7-8H2,1-4,6H3. The molecule has 22 heavy (non-hydrogen) atoms. The van der Waals surface area contributed by atoms with Crippen molar-refractivity contribution in [3.05, 3.63) is 36.6 Å². The van der Waals surface area contributed by atoms with Gasteiger partial charge in [0.15, 0.2) is 5.76 Å². The number of rotatable bonds is 6. The molecule has 1 heterocycles. The third-order valence-corrected chi connectivity index (χ3v) is 4.68. The van der Waals surface area contributed by atoms with E-state index in [1.54, 1.807) is 0 Å². The molecule has 0 bridgehead atoms. The summed E-state index contributed by atoms with van der Waals surface area (Å²) < 4.78 is 6.09. The van der Waals surface area contributed by atoms with Gasteiger partial charge in [0, 0.05) is 11.1 Å². The van der Waals surface area contributed by atoms with E-state index in [9.17, 15) is 0 Å². The molecule has 0 fully saturated rings. The second-order valence-electron chi connectivity index (χ2n) is 6.17. The predicted octanol–water partition coefficient (Wildman–Crippen LogP) is 6.63. The molecule has 2 atom stereocenters. The first-order valence-corrected chi connectivity index (χ1v) is 8.25. The quantitative estimate of drug-likeness (QED) is 0.549. The van der Waals surface area contributed by atoms with Crippen LogP contribution in [0.1, 0.15) is 53.2 Å². The Labute approximate surface area is 133 Å². The molecule has 0 saturated carbocycles. The minimum Gasteiger partial charge on any atom is -0.454 e. The van der Waals surface area contributed by atoms with Gasteiger partial charge in [-0.1, -0.05) is 46.4 Å². The first-order chi connectivity index (χ1) is 10.5. The molecule has 2 nitrogen and oxygen atoms in total. The van der Waals surface area contributed by atoms with Crippen molar-refractivity contribution in [2.24, 2.45) is 16.8 Å². The topological polar surface area (TPSA) is 25.5 Å². The van der Waals surface area contributed by atoms with Crippen LogP contribution in [0.5, 0.6) is 0 Å². The number of fused-ring (bicyclic) bond motifs is 1. The van der Waals surface area contributed by atoms with Crippen LogP contribution >= 0.6 is 0 Å².